The van der Waals surface area contributed by atoms with Gasteiger partial charge in [-0.15, -0.1) is 0 Å². The van der Waals surface area contributed by atoms with E-state index in [4.69, 9.17) is 4.74 Å². The second-order valence-corrected chi connectivity index (χ2v) is 9.20. The molecule has 2 aromatic carbocycles. The van der Waals surface area contributed by atoms with Gasteiger partial charge < -0.3 is 19.9 Å². The molecule has 2 aliphatic rings. The number of fused-ring (bicyclic) bond motifs is 1. The van der Waals surface area contributed by atoms with Gasteiger partial charge in [-0.1, -0.05) is 12.1 Å². The molecule has 0 spiro atoms. The number of anilines is 1. The van der Waals surface area contributed by atoms with Gasteiger partial charge in [0.1, 0.15) is 11.6 Å². The maximum absolute atomic E-state index is 13.4. The fourth-order valence-corrected chi connectivity index (χ4v) is 4.76. The van der Waals surface area contributed by atoms with E-state index in [1.54, 1.807) is 26.2 Å². The van der Waals surface area contributed by atoms with E-state index in [-0.39, 0.29) is 11.7 Å². The topological polar surface area (TPSA) is 79.0 Å². The lowest BCUT2D eigenvalue weighted by Gasteiger charge is -2.32. The van der Waals surface area contributed by atoms with Gasteiger partial charge >= 0.3 is 0 Å². The number of benzene rings is 2. The predicted octanol–water partition coefficient (Wildman–Crippen LogP) is 3.10. The highest BCUT2D eigenvalue weighted by Gasteiger charge is 2.36. The summed E-state index contributed by atoms with van der Waals surface area (Å²) >= 11 is 0. The maximum Gasteiger partial charge on any atom is 0.290 e. The molecule has 1 unspecified atom stereocenters. The highest BCUT2D eigenvalue weighted by molar-refractivity contribution is 6.38. The number of amides is 2. The van der Waals surface area contributed by atoms with Gasteiger partial charge in [-0.25, -0.2) is 4.39 Å². The quantitative estimate of drug-likeness (QED) is 0.661. The minimum Gasteiger partial charge on any atom is -0.496 e. The number of methoxy groups -OCH3 is 1. The number of halogens is 1. The third kappa shape index (κ3) is 4.76. The van der Waals surface area contributed by atoms with Gasteiger partial charge in [0.05, 0.1) is 18.6 Å². The average molecular weight is 468 g/mol. The summed E-state index contributed by atoms with van der Waals surface area (Å²) < 4.78 is 18.7. The van der Waals surface area contributed by atoms with Crippen molar-refractivity contribution in [3.63, 3.8) is 0 Å². The van der Waals surface area contributed by atoms with E-state index in [2.05, 4.69) is 5.32 Å². The molecule has 2 aromatic rings. The minimum atomic E-state index is -0.635. The number of hydrogen-bond donors (Lipinski definition) is 1. The molecule has 0 aromatic heterocycles. The highest BCUT2D eigenvalue weighted by Crippen LogP contribution is 2.38. The van der Waals surface area contributed by atoms with Crippen LogP contribution in [0.2, 0.25) is 0 Å². The van der Waals surface area contributed by atoms with Gasteiger partial charge in [-0.2, -0.15) is 0 Å². The molecular formula is C26H30FN3O4. The maximum atomic E-state index is 13.4. The van der Waals surface area contributed by atoms with Crippen LogP contribution in [0.3, 0.4) is 0 Å². The number of Topliss-reactive ketones (excluding diaryl/α,β-unsaturated/α-hetero) is 1. The number of ether oxygens (including phenoxy) is 1. The summed E-state index contributed by atoms with van der Waals surface area (Å²) in [4.78, 5) is 41.5. The molecule has 180 valence electrons. The van der Waals surface area contributed by atoms with E-state index in [0.29, 0.717) is 48.1 Å². The number of piperidine rings is 1. The Labute approximate surface area is 198 Å². The van der Waals surface area contributed by atoms with Crippen molar-refractivity contribution < 1.29 is 23.5 Å². The van der Waals surface area contributed by atoms with Gasteiger partial charge in [0.2, 0.25) is 5.78 Å². The molecule has 1 N–H and O–H groups in total. The lowest BCUT2D eigenvalue weighted by Crippen LogP contribution is -2.39. The first-order valence-corrected chi connectivity index (χ1v) is 11.5. The normalized spacial score (nSPS) is 17.6. The molecule has 0 bridgehead atoms. The second-order valence-electron chi connectivity index (χ2n) is 9.20. The van der Waals surface area contributed by atoms with Crippen molar-refractivity contribution in [2.45, 2.75) is 25.2 Å². The Kier molecular flexibility index (Phi) is 6.86. The standard InChI is InChI=1S/C26H30FN3O4/c1-29(2)26(33)24(31)21-15-28-22-14-23(34-3)20(13-19(21)22)25(32)30-10-8-17(9-11-30)12-16-4-6-18(27)7-5-16/h4-7,13-14,17,21,28H,8-12,15H2,1-3H3. The Bertz CT molecular complexity index is 1090. The van der Waals surface area contributed by atoms with Crippen LogP contribution in [-0.2, 0) is 16.0 Å². The summed E-state index contributed by atoms with van der Waals surface area (Å²) in [6, 6.07) is 10.0. The minimum absolute atomic E-state index is 0.142. The van der Waals surface area contributed by atoms with Gasteiger partial charge in [0.25, 0.3) is 11.8 Å². The van der Waals surface area contributed by atoms with Crippen LogP contribution in [0.4, 0.5) is 10.1 Å². The summed E-state index contributed by atoms with van der Waals surface area (Å²) in [6.45, 7) is 1.54. The average Bonchev–Trinajstić information content (AvgIpc) is 3.26. The van der Waals surface area contributed by atoms with Crippen LogP contribution >= 0.6 is 0 Å². The summed E-state index contributed by atoms with van der Waals surface area (Å²) in [7, 11) is 4.61. The Hall–Kier alpha value is -3.42. The summed E-state index contributed by atoms with van der Waals surface area (Å²) in [5.41, 5.74) is 2.85. The Balaban J connectivity index is 1.48. The fourth-order valence-electron chi connectivity index (χ4n) is 4.76. The number of nitrogens with one attached hydrogen (secondary N) is 1. The van der Waals surface area contributed by atoms with Crippen molar-refractivity contribution in [2.24, 2.45) is 5.92 Å². The molecule has 0 radical (unpaired) electrons. The van der Waals surface area contributed by atoms with Crippen LogP contribution in [0.1, 0.15) is 40.2 Å². The number of nitrogens with zero attached hydrogens (tertiary/aromatic N) is 2. The SMILES string of the molecule is COc1cc2c(cc1C(=O)N1CCC(Cc3ccc(F)cc3)CC1)C(C(=O)C(=O)N(C)C)CN2. The fraction of sp³-hybridized carbons (Fsp3) is 0.423. The van der Waals surface area contributed by atoms with Crippen LogP contribution in [0, 0.1) is 11.7 Å². The molecule has 2 aliphatic heterocycles. The molecular weight excluding hydrogens is 437 g/mol. The first-order valence-electron chi connectivity index (χ1n) is 11.5. The third-order valence-corrected chi connectivity index (χ3v) is 6.75. The van der Waals surface area contributed by atoms with Crippen molar-refractivity contribution >= 4 is 23.3 Å². The number of ketones is 1. The number of likely N-dealkylation sites (N-methyl/N-ethyl adjacent to an activating group) is 1. The largest absolute Gasteiger partial charge is 0.496 e. The van der Waals surface area contributed by atoms with Gasteiger partial charge in [-0.05, 0) is 54.5 Å². The number of carbonyl (C=O) groups is 3. The van der Waals surface area contributed by atoms with Gasteiger partial charge in [-0.3, -0.25) is 14.4 Å². The molecule has 4 rings (SSSR count). The van der Waals surface area contributed by atoms with E-state index in [0.717, 1.165) is 24.8 Å². The monoisotopic (exact) mass is 467 g/mol. The van der Waals surface area contributed by atoms with Gasteiger partial charge in [0, 0.05) is 45.5 Å². The molecule has 8 heteroatoms. The van der Waals surface area contributed by atoms with Gasteiger partial charge in [0.15, 0.2) is 0 Å². The van der Waals surface area contributed by atoms with Crippen LogP contribution in [-0.4, -0.2) is 68.2 Å². The summed E-state index contributed by atoms with van der Waals surface area (Å²) in [5, 5.41) is 3.16. The van der Waals surface area contributed by atoms with E-state index < -0.39 is 17.6 Å². The number of likely N-dealkylation sites (tertiary alicyclic amines) is 1. The van der Waals surface area contributed by atoms with E-state index in [9.17, 15) is 18.8 Å². The number of carbonyl (C=O) groups excluding carboxylic acids is 3. The number of rotatable bonds is 6. The Morgan fingerprint density at radius 3 is 2.41 bits per heavy atom. The predicted molar refractivity (Wildman–Crippen MR) is 127 cm³/mol. The highest BCUT2D eigenvalue weighted by atomic mass is 19.1. The third-order valence-electron chi connectivity index (χ3n) is 6.75. The van der Waals surface area contributed by atoms with Crippen molar-refractivity contribution in [1.29, 1.82) is 0 Å². The lowest BCUT2D eigenvalue weighted by atomic mass is 9.89. The van der Waals surface area contributed by atoms with E-state index in [1.165, 1.54) is 24.1 Å². The van der Waals surface area contributed by atoms with Crippen LogP contribution in [0.5, 0.6) is 5.75 Å². The van der Waals surface area contributed by atoms with Crippen molar-refractivity contribution in [3.05, 3.63) is 58.9 Å². The summed E-state index contributed by atoms with van der Waals surface area (Å²) in [6.07, 6.45) is 2.58. The first kappa shape index (κ1) is 23.7. The smallest absolute Gasteiger partial charge is 0.290 e. The van der Waals surface area contributed by atoms with E-state index >= 15 is 0 Å². The zero-order valence-electron chi connectivity index (χ0n) is 19.8. The zero-order valence-corrected chi connectivity index (χ0v) is 19.8. The molecule has 0 aliphatic carbocycles. The van der Waals surface area contributed by atoms with Crippen LogP contribution in [0.25, 0.3) is 0 Å². The molecule has 0 saturated carbocycles. The van der Waals surface area contributed by atoms with E-state index in [1.807, 2.05) is 17.0 Å². The van der Waals surface area contributed by atoms with Crippen LogP contribution in [0.15, 0.2) is 36.4 Å². The van der Waals surface area contributed by atoms with Crippen molar-refractivity contribution in [1.82, 2.24) is 9.80 Å². The number of hydrogen-bond acceptors (Lipinski definition) is 5. The van der Waals surface area contributed by atoms with Crippen molar-refractivity contribution in [2.75, 3.05) is 46.2 Å². The molecule has 1 saturated heterocycles. The first-order chi connectivity index (χ1) is 16.3. The van der Waals surface area contributed by atoms with Crippen molar-refractivity contribution in [3.8, 4) is 5.75 Å². The molecule has 2 amide bonds. The summed E-state index contributed by atoms with van der Waals surface area (Å²) in [5.74, 6) is -1.21. The zero-order chi connectivity index (χ0) is 24.4. The van der Waals surface area contributed by atoms with Crippen LogP contribution < -0.4 is 10.1 Å². The molecule has 1 fully saturated rings. The second kappa shape index (κ2) is 9.83. The Morgan fingerprint density at radius 2 is 1.79 bits per heavy atom. The molecule has 7 nitrogen and oxygen atoms in total. The molecule has 1 atom stereocenters. The molecule has 34 heavy (non-hydrogen) atoms. The Morgan fingerprint density at radius 1 is 1.12 bits per heavy atom. The molecule has 2 heterocycles. The lowest BCUT2D eigenvalue weighted by molar-refractivity contribution is -0.143.